The highest BCUT2D eigenvalue weighted by Gasteiger charge is 2.25. The van der Waals surface area contributed by atoms with Crippen LogP contribution in [0.2, 0.25) is 5.02 Å². The van der Waals surface area contributed by atoms with E-state index in [1.54, 1.807) is 6.07 Å². The normalized spacial score (nSPS) is 22.4. The molecule has 1 aromatic rings. The molecule has 2 aliphatic rings. The van der Waals surface area contributed by atoms with Crippen molar-refractivity contribution >= 4 is 23.3 Å². The molecule has 6 heteroatoms. The number of aryl methyl sites for hydroxylation is 1. The molecular weight excluding hydrogens is 326 g/mol. The Hall–Kier alpha value is -1.30. The molecule has 2 fully saturated rings. The van der Waals surface area contributed by atoms with E-state index >= 15 is 0 Å². The summed E-state index contributed by atoms with van der Waals surface area (Å²) in [4.78, 5) is 17.0. The molecule has 2 heterocycles. The number of rotatable bonds is 3. The molecule has 0 bridgehead atoms. The van der Waals surface area contributed by atoms with Crippen molar-refractivity contribution in [2.45, 2.75) is 32.3 Å². The highest BCUT2D eigenvalue weighted by atomic mass is 35.5. The molecule has 1 atom stereocenters. The number of ether oxygens (including phenoxy) is 1. The van der Waals surface area contributed by atoms with Gasteiger partial charge in [0, 0.05) is 37.0 Å². The second kappa shape index (κ2) is 8.19. The number of benzene rings is 1. The summed E-state index contributed by atoms with van der Waals surface area (Å²) in [6.07, 6.45) is 3.51. The lowest BCUT2D eigenvalue weighted by atomic mass is 10.2. The molecule has 0 radical (unpaired) electrons. The van der Waals surface area contributed by atoms with Crippen molar-refractivity contribution in [1.29, 1.82) is 0 Å². The summed E-state index contributed by atoms with van der Waals surface area (Å²) >= 11 is 6.04. The molecule has 0 aliphatic carbocycles. The van der Waals surface area contributed by atoms with Crippen LogP contribution in [0.3, 0.4) is 0 Å². The fraction of sp³-hybridized carbons (Fsp3) is 0.611. The van der Waals surface area contributed by atoms with E-state index in [1.165, 1.54) is 12.8 Å². The van der Waals surface area contributed by atoms with Crippen LogP contribution in [0, 0.1) is 6.92 Å². The Kier molecular flexibility index (Phi) is 5.98. The number of amides is 2. The number of halogens is 1. The SMILES string of the molecule is Cc1ccc(Cl)cc1NC(=O)N1CCCO[C@H](CN2CCCC2)C1. The van der Waals surface area contributed by atoms with Crippen LogP contribution in [0.1, 0.15) is 24.8 Å². The van der Waals surface area contributed by atoms with Gasteiger partial charge in [-0.2, -0.15) is 0 Å². The maximum Gasteiger partial charge on any atom is 0.321 e. The number of nitrogens with one attached hydrogen (secondary N) is 1. The number of carbonyl (C=O) groups excluding carboxylic acids is 1. The third kappa shape index (κ3) is 4.62. The van der Waals surface area contributed by atoms with Crippen molar-refractivity contribution in [3.8, 4) is 0 Å². The molecule has 1 N–H and O–H groups in total. The number of urea groups is 1. The Balaban J connectivity index is 1.61. The minimum atomic E-state index is -0.0720. The summed E-state index contributed by atoms with van der Waals surface area (Å²) in [7, 11) is 0. The quantitative estimate of drug-likeness (QED) is 0.908. The molecule has 2 aliphatic heterocycles. The smallest absolute Gasteiger partial charge is 0.321 e. The van der Waals surface area contributed by atoms with Gasteiger partial charge in [-0.25, -0.2) is 4.79 Å². The van der Waals surface area contributed by atoms with Crippen molar-refractivity contribution in [3.63, 3.8) is 0 Å². The van der Waals surface area contributed by atoms with Gasteiger partial charge in [0.15, 0.2) is 0 Å². The van der Waals surface area contributed by atoms with Crippen molar-refractivity contribution in [3.05, 3.63) is 28.8 Å². The van der Waals surface area contributed by atoms with Crippen LogP contribution in [-0.2, 0) is 4.74 Å². The molecular formula is C18H26ClN3O2. The Labute approximate surface area is 148 Å². The number of anilines is 1. The molecule has 2 amide bonds. The first-order valence-electron chi connectivity index (χ1n) is 8.78. The van der Waals surface area contributed by atoms with E-state index in [9.17, 15) is 4.79 Å². The van der Waals surface area contributed by atoms with Crippen molar-refractivity contribution < 1.29 is 9.53 Å². The zero-order chi connectivity index (χ0) is 16.9. The lowest BCUT2D eigenvalue weighted by molar-refractivity contribution is 0.0355. The monoisotopic (exact) mass is 351 g/mol. The van der Waals surface area contributed by atoms with Gasteiger partial charge in [0.2, 0.25) is 0 Å². The van der Waals surface area contributed by atoms with Gasteiger partial charge in [-0.3, -0.25) is 0 Å². The zero-order valence-electron chi connectivity index (χ0n) is 14.3. The predicted molar refractivity (Wildman–Crippen MR) is 96.8 cm³/mol. The van der Waals surface area contributed by atoms with Gasteiger partial charge in [-0.15, -0.1) is 0 Å². The zero-order valence-corrected chi connectivity index (χ0v) is 15.0. The average molecular weight is 352 g/mol. The van der Waals surface area contributed by atoms with Gasteiger partial charge in [0.25, 0.3) is 0 Å². The van der Waals surface area contributed by atoms with Crippen LogP contribution in [0.5, 0.6) is 0 Å². The maximum atomic E-state index is 12.7. The fourth-order valence-corrected chi connectivity index (χ4v) is 3.54. The van der Waals surface area contributed by atoms with Crippen LogP contribution in [0.4, 0.5) is 10.5 Å². The predicted octanol–water partition coefficient (Wildman–Crippen LogP) is 3.37. The maximum absolute atomic E-state index is 12.7. The summed E-state index contributed by atoms with van der Waals surface area (Å²) in [5, 5.41) is 3.62. The summed E-state index contributed by atoms with van der Waals surface area (Å²) in [5.41, 5.74) is 1.78. The van der Waals surface area contributed by atoms with Crippen LogP contribution < -0.4 is 5.32 Å². The molecule has 0 unspecified atom stereocenters. The van der Waals surface area contributed by atoms with E-state index in [1.807, 2.05) is 24.0 Å². The minimum absolute atomic E-state index is 0.0720. The van der Waals surface area contributed by atoms with Gasteiger partial charge in [0.05, 0.1) is 6.10 Å². The van der Waals surface area contributed by atoms with Gasteiger partial charge < -0.3 is 19.9 Å². The molecule has 1 aromatic carbocycles. The Morgan fingerprint density at radius 2 is 2.08 bits per heavy atom. The standard InChI is InChI=1S/C18H26ClN3O2/c1-14-5-6-15(19)11-17(14)20-18(23)22-9-4-10-24-16(13-22)12-21-7-2-3-8-21/h5-6,11,16H,2-4,7-10,12-13H2,1H3,(H,20,23)/t16-/m1/s1. The van der Waals surface area contributed by atoms with Gasteiger partial charge in [0.1, 0.15) is 0 Å². The average Bonchev–Trinajstić information content (AvgIpc) is 2.95. The van der Waals surface area contributed by atoms with Gasteiger partial charge in [-0.1, -0.05) is 17.7 Å². The summed E-state index contributed by atoms with van der Waals surface area (Å²) in [6, 6.07) is 5.47. The highest BCUT2D eigenvalue weighted by molar-refractivity contribution is 6.31. The molecule has 0 saturated carbocycles. The molecule has 132 valence electrons. The third-order valence-electron chi connectivity index (χ3n) is 4.74. The van der Waals surface area contributed by atoms with E-state index in [0.717, 1.165) is 50.5 Å². The topological polar surface area (TPSA) is 44.8 Å². The molecule has 0 spiro atoms. The largest absolute Gasteiger partial charge is 0.375 e. The van der Waals surface area contributed by atoms with E-state index < -0.39 is 0 Å². The second-order valence-electron chi connectivity index (χ2n) is 6.69. The summed E-state index contributed by atoms with van der Waals surface area (Å²) in [6.45, 7) is 7.26. The lowest BCUT2D eigenvalue weighted by Crippen LogP contribution is -2.43. The van der Waals surface area contributed by atoms with Crippen molar-refractivity contribution in [2.24, 2.45) is 0 Å². The summed E-state index contributed by atoms with van der Waals surface area (Å²) in [5.74, 6) is 0. The number of carbonyl (C=O) groups is 1. The molecule has 5 nitrogen and oxygen atoms in total. The van der Waals surface area contributed by atoms with Crippen LogP contribution in [0.25, 0.3) is 0 Å². The van der Waals surface area contributed by atoms with E-state index in [0.29, 0.717) is 11.6 Å². The Morgan fingerprint density at radius 3 is 2.88 bits per heavy atom. The van der Waals surface area contributed by atoms with Crippen LogP contribution >= 0.6 is 11.6 Å². The minimum Gasteiger partial charge on any atom is -0.375 e. The van der Waals surface area contributed by atoms with E-state index in [2.05, 4.69) is 10.2 Å². The third-order valence-corrected chi connectivity index (χ3v) is 4.97. The number of nitrogens with zero attached hydrogens (tertiary/aromatic N) is 2. The Bertz CT molecular complexity index is 575. The number of likely N-dealkylation sites (tertiary alicyclic amines) is 1. The van der Waals surface area contributed by atoms with E-state index in [4.69, 9.17) is 16.3 Å². The second-order valence-corrected chi connectivity index (χ2v) is 7.13. The van der Waals surface area contributed by atoms with Crippen LogP contribution in [-0.4, -0.2) is 61.3 Å². The first-order valence-corrected chi connectivity index (χ1v) is 9.15. The molecule has 24 heavy (non-hydrogen) atoms. The van der Waals surface area contributed by atoms with E-state index in [-0.39, 0.29) is 12.1 Å². The van der Waals surface area contributed by atoms with Crippen molar-refractivity contribution in [1.82, 2.24) is 9.80 Å². The first-order chi connectivity index (χ1) is 11.6. The summed E-state index contributed by atoms with van der Waals surface area (Å²) < 4.78 is 5.95. The van der Waals surface area contributed by atoms with Gasteiger partial charge >= 0.3 is 6.03 Å². The number of hydrogen-bond acceptors (Lipinski definition) is 3. The van der Waals surface area contributed by atoms with Crippen LogP contribution in [0.15, 0.2) is 18.2 Å². The molecule has 0 aromatic heterocycles. The lowest BCUT2D eigenvalue weighted by Gasteiger charge is -2.27. The highest BCUT2D eigenvalue weighted by Crippen LogP contribution is 2.21. The molecule has 3 rings (SSSR count). The van der Waals surface area contributed by atoms with Gasteiger partial charge in [-0.05, 0) is 57.0 Å². The Morgan fingerprint density at radius 1 is 1.29 bits per heavy atom. The van der Waals surface area contributed by atoms with Crippen molar-refractivity contribution in [2.75, 3.05) is 44.6 Å². The first kappa shape index (κ1) is 17.5. The fourth-order valence-electron chi connectivity index (χ4n) is 3.37. The molecule has 2 saturated heterocycles. The number of hydrogen-bond donors (Lipinski definition) is 1.